The van der Waals surface area contributed by atoms with E-state index in [1.165, 1.54) is 12.1 Å². The average Bonchev–Trinajstić information content (AvgIpc) is 2.46. The highest BCUT2D eigenvalue weighted by molar-refractivity contribution is 6.37. The molecule has 3 rings (SSSR count). The summed E-state index contributed by atoms with van der Waals surface area (Å²) < 4.78 is 0. The number of aliphatic imine (C=N–C) groups is 1. The van der Waals surface area contributed by atoms with Crippen LogP contribution in [0.4, 0.5) is 0 Å². The number of carbonyl (C=O) groups is 2. The number of nitrogens with zero attached hydrogens (tertiary/aromatic N) is 1. The third-order valence-electron chi connectivity index (χ3n) is 3.61. The van der Waals surface area contributed by atoms with Gasteiger partial charge in [-0.25, -0.2) is 4.99 Å². The Morgan fingerprint density at radius 3 is 2.78 bits per heavy atom. The second-order valence-electron chi connectivity index (χ2n) is 5.28. The van der Waals surface area contributed by atoms with Gasteiger partial charge in [-0.2, -0.15) is 0 Å². The van der Waals surface area contributed by atoms with Gasteiger partial charge in [0.2, 0.25) is 5.91 Å². The number of hydrogen-bond donors (Lipinski definition) is 1. The van der Waals surface area contributed by atoms with Crippen molar-refractivity contribution in [3.8, 4) is 0 Å². The highest BCUT2D eigenvalue weighted by Crippen LogP contribution is 2.27. The van der Waals surface area contributed by atoms with Crippen molar-refractivity contribution in [1.82, 2.24) is 5.32 Å². The fourth-order valence-corrected chi connectivity index (χ4v) is 2.98. The van der Waals surface area contributed by atoms with Gasteiger partial charge < -0.3 is 5.32 Å². The molecule has 2 aliphatic rings. The van der Waals surface area contributed by atoms with E-state index in [2.05, 4.69) is 10.3 Å². The fraction of sp³-hybridized carbons (Fsp3) is 0.118. The molecule has 1 N–H and O–H groups in total. The van der Waals surface area contributed by atoms with E-state index in [1.54, 1.807) is 24.3 Å². The van der Waals surface area contributed by atoms with E-state index in [0.29, 0.717) is 16.4 Å². The van der Waals surface area contributed by atoms with Gasteiger partial charge in [-0.15, -0.1) is 0 Å². The van der Waals surface area contributed by atoms with Crippen molar-refractivity contribution in [2.45, 2.75) is 6.92 Å². The molecule has 0 radical (unpaired) electrons. The highest BCUT2D eigenvalue weighted by atomic mass is 35.5. The number of carbonyl (C=O) groups excluding carboxylic acids is 2. The Balaban J connectivity index is 1.90. The normalized spacial score (nSPS) is 21.4. The van der Waals surface area contributed by atoms with Gasteiger partial charge in [0.1, 0.15) is 0 Å². The Labute approximate surface area is 143 Å². The summed E-state index contributed by atoms with van der Waals surface area (Å²) >= 11 is 11.8. The molecular weight excluding hydrogens is 335 g/mol. The monoisotopic (exact) mass is 346 g/mol. The number of halogens is 2. The minimum absolute atomic E-state index is 0.0147. The van der Waals surface area contributed by atoms with Crippen molar-refractivity contribution in [2.24, 2.45) is 10.9 Å². The van der Waals surface area contributed by atoms with Crippen LogP contribution < -0.4 is 5.32 Å². The zero-order valence-electron chi connectivity index (χ0n) is 12.1. The highest BCUT2D eigenvalue weighted by Gasteiger charge is 2.24. The lowest BCUT2D eigenvalue weighted by atomic mass is 9.89. The summed E-state index contributed by atoms with van der Waals surface area (Å²) in [4.78, 5) is 27.9. The molecule has 2 amide bonds. The van der Waals surface area contributed by atoms with E-state index in [1.807, 2.05) is 13.0 Å². The van der Waals surface area contributed by atoms with Crippen molar-refractivity contribution in [3.05, 3.63) is 69.4 Å². The van der Waals surface area contributed by atoms with Crippen LogP contribution in [0.25, 0.3) is 0 Å². The Morgan fingerprint density at radius 1 is 1.26 bits per heavy atom. The van der Waals surface area contributed by atoms with Gasteiger partial charge in [-0.1, -0.05) is 34.9 Å². The van der Waals surface area contributed by atoms with Gasteiger partial charge in [-0.05, 0) is 37.3 Å². The molecule has 6 heteroatoms. The molecule has 0 saturated carbocycles. The maximum absolute atomic E-state index is 12.3. The molecule has 1 aliphatic heterocycles. The minimum atomic E-state index is -0.462. The lowest BCUT2D eigenvalue weighted by Gasteiger charge is -2.25. The first-order valence-electron chi connectivity index (χ1n) is 6.91. The molecule has 1 atom stereocenters. The molecule has 1 unspecified atom stereocenters. The van der Waals surface area contributed by atoms with Gasteiger partial charge in [0.15, 0.2) is 0 Å². The van der Waals surface area contributed by atoms with E-state index in [4.69, 9.17) is 23.2 Å². The van der Waals surface area contributed by atoms with Crippen LogP contribution in [-0.4, -0.2) is 17.5 Å². The number of fused-ring (bicyclic) bond motifs is 1. The largest absolute Gasteiger partial charge is 0.325 e. The molecule has 4 nitrogen and oxygen atoms in total. The lowest BCUT2D eigenvalue weighted by Crippen LogP contribution is -2.32. The first-order valence-corrected chi connectivity index (χ1v) is 7.66. The number of allylic oxidation sites excluding steroid dienone is 3. The zero-order valence-corrected chi connectivity index (χ0v) is 13.7. The topological polar surface area (TPSA) is 58.5 Å². The number of amides is 2. The fourth-order valence-electron chi connectivity index (χ4n) is 2.49. The maximum Gasteiger partial charge on any atom is 0.279 e. The molecule has 0 bridgehead atoms. The molecule has 0 fully saturated rings. The summed E-state index contributed by atoms with van der Waals surface area (Å²) in [5.74, 6) is -0.622. The van der Waals surface area contributed by atoms with Crippen molar-refractivity contribution in [2.75, 3.05) is 0 Å². The van der Waals surface area contributed by atoms with Crippen LogP contribution in [0.15, 0.2) is 58.8 Å². The number of benzene rings is 1. The van der Waals surface area contributed by atoms with Crippen molar-refractivity contribution in [3.63, 3.8) is 0 Å². The van der Waals surface area contributed by atoms with Crippen LogP contribution in [0.2, 0.25) is 10.0 Å². The van der Waals surface area contributed by atoms with Crippen LogP contribution in [0.1, 0.15) is 17.3 Å². The summed E-state index contributed by atoms with van der Waals surface area (Å²) in [5.41, 5.74) is 2.40. The van der Waals surface area contributed by atoms with Gasteiger partial charge in [0.05, 0.1) is 16.3 Å². The number of rotatable bonds is 1. The molecule has 0 saturated heterocycles. The van der Waals surface area contributed by atoms with Crippen LogP contribution >= 0.6 is 23.2 Å². The first-order chi connectivity index (χ1) is 10.9. The summed E-state index contributed by atoms with van der Waals surface area (Å²) in [6, 6.07) is 4.62. The Bertz CT molecular complexity index is 835. The molecule has 116 valence electrons. The predicted octanol–water partition coefficient (Wildman–Crippen LogP) is 3.72. The van der Waals surface area contributed by atoms with Crippen molar-refractivity contribution < 1.29 is 9.59 Å². The Morgan fingerprint density at radius 2 is 2.04 bits per heavy atom. The molecule has 1 aromatic carbocycles. The minimum Gasteiger partial charge on any atom is -0.325 e. The second kappa shape index (κ2) is 6.14. The summed E-state index contributed by atoms with van der Waals surface area (Å²) in [6.07, 6.45) is 6.91. The van der Waals surface area contributed by atoms with Gasteiger partial charge >= 0.3 is 0 Å². The maximum atomic E-state index is 12.3. The summed E-state index contributed by atoms with van der Waals surface area (Å²) in [7, 11) is 0. The number of hydrogen-bond acceptors (Lipinski definition) is 2. The van der Waals surface area contributed by atoms with Gasteiger partial charge in [-0.3, -0.25) is 9.59 Å². The van der Waals surface area contributed by atoms with E-state index in [9.17, 15) is 9.59 Å². The summed E-state index contributed by atoms with van der Waals surface area (Å²) in [5, 5.41) is 3.47. The quantitative estimate of drug-likeness (QED) is 0.842. The third-order valence-corrected chi connectivity index (χ3v) is 4.15. The molecular formula is C17H12Cl2N2O2. The van der Waals surface area contributed by atoms with Gasteiger partial charge in [0.25, 0.3) is 5.91 Å². The zero-order chi connectivity index (χ0) is 16.6. The average molecular weight is 347 g/mol. The Kier molecular flexibility index (Phi) is 4.20. The van der Waals surface area contributed by atoms with E-state index in [-0.39, 0.29) is 22.4 Å². The smallest absolute Gasteiger partial charge is 0.279 e. The van der Waals surface area contributed by atoms with Gasteiger partial charge in [0, 0.05) is 22.7 Å². The summed E-state index contributed by atoms with van der Waals surface area (Å²) in [6.45, 7) is 1.89. The van der Waals surface area contributed by atoms with E-state index >= 15 is 0 Å². The Hall–Kier alpha value is -2.17. The molecule has 1 aromatic rings. The second-order valence-corrected chi connectivity index (χ2v) is 6.12. The van der Waals surface area contributed by atoms with Crippen LogP contribution in [0.3, 0.4) is 0 Å². The van der Waals surface area contributed by atoms with Crippen LogP contribution in [0, 0.1) is 5.92 Å². The van der Waals surface area contributed by atoms with E-state index < -0.39 is 5.91 Å². The van der Waals surface area contributed by atoms with Crippen LogP contribution in [0.5, 0.6) is 0 Å². The van der Waals surface area contributed by atoms with Crippen molar-refractivity contribution in [1.29, 1.82) is 0 Å². The van der Waals surface area contributed by atoms with Crippen LogP contribution in [-0.2, 0) is 4.79 Å². The molecule has 0 aromatic heterocycles. The lowest BCUT2D eigenvalue weighted by molar-refractivity contribution is -0.116. The predicted molar refractivity (Wildman–Crippen MR) is 90.8 cm³/mol. The molecule has 0 spiro atoms. The van der Waals surface area contributed by atoms with E-state index in [0.717, 1.165) is 5.57 Å². The number of nitrogens with one attached hydrogen (secondary N) is 1. The molecule has 1 heterocycles. The first kappa shape index (κ1) is 15.7. The van der Waals surface area contributed by atoms with Crippen molar-refractivity contribution >= 4 is 40.7 Å². The third kappa shape index (κ3) is 3.28. The molecule has 1 aliphatic carbocycles. The standard InChI is InChI=1S/C17H12Cl2N2O2/c1-9-6-16(22)21-15-8-11(3-5-12(9)15)20-17(23)13-4-2-10(18)7-14(13)19/h2-8,12H,1H3,(H,21,22). The SMILES string of the molecule is CC1=CC(=O)NC2=CC(=NC(=O)c3ccc(Cl)cc3Cl)C=CC12. The molecule has 23 heavy (non-hydrogen) atoms.